The molecule has 7 nitrogen and oxygen atoms in total. The van der Waals surface area contributed by atoms with Crippen molar-refractivity contribution in [2.75, 3.05) is 13.2 Å². The normalized spacial score (nSPS) is 11.8. The first-order valence-electron chi connectivity index (χ1n) is 6.21. The van der Waals surface area contributed by atoms with E-state index in [1.54, 1.807) is 6.92 Å². The molecule has 2 aromatic rings. The van der Waals surface area contributed by atoms with Crippen LogP contribution in [0.2, 0.25) is 0 Å². The number of nitrogens with zero attached hydrogens (tertiary/aromatic N) is 1. The molecule has 2 rings (SSSR count). The molecule has 3 N–H and O–H groups in total. The topological polar surface area (TPSA) is 108 Å². The van der Waals surface area contributed by atoms with E-state index in [0.717, 1.165) is 0 Å². The fourth-order valence-electron chi connectivity index (χ4n) is 1.79. The predicted molar refractivity (Wildman–Crippen MR) is 72.6 cm³/mol. The third-order valence-corrected chi connectivity index (χ3v) is 3.05. The van der Waals surface area contributed by atoms with Crippen molar-refractivity contribution in [3.8, 4) is 0 Å². The van der Waals surface area contributed by atoms with Crippen molar-refractivity contribution >= 4 is 17.0 Å². The van der Waals surface area contributed by atoms with Gasteiger partial charge in [-0.15, -0.1) is 0 Å². The van der Waals surface area contributed by atoms with Gasteiger partial charge in [0.25, 0.3) is 11.5 Å². The van der Waals surface area contributed by atoms with Gasteiger partial charge < -0.3 is 19.8 Å². The second kappa shape index (κ2) is 5.09. The molecule has 0 radical (unpaired) electrons. The first-order valence-corrected chi connectivity index (χ1v) is 6.21. The van der Waals surface area contributed by atoms with E-state index in [0.29, 0.717) is 5.76 Å². The molecule has 0 saturated heterocycles. The van der Waals surface area contributed by atoms with E-state index < -0.39 is 16.9 Å². The fourth-order valence-corrected chi connectivity index (χ4v) is 1.79. The third kappa shape index (κ3) is 2.57. The number of aliphatic hydroxyl groups is 1. The van der Waals surface area contributed by atoms with Crippen molar-refractivity contribution in [3.05, 3.63) is 28.0 Å². The Labute approximate surface area is 115 Å². The number of H-pyrrole nitrogens is 1. The molecule has 0 aromatic carbocycles. The molecule has 0 bridgehead atoms. The number of fused-ring (bicyclic) bond motifs is 1. The van der Waals surface area contributed by atoms with E-state index in [-0.39, 0.29) is 29.8 Å². The van der Waals surface area contributed by atoms with E-state index in [9.17, 15) is 14.7 Å². The maximum absolute atomic E-state index is 12.2. The zero-order chi connectivity index (χ0) is 14.9. The van der Waals surface area contributed by atoms with Crippen LogP contribution in [0.25, 0.3) is 11.1 Å². The van der Waals surface area contributed by atoms with Gasteiger partial charge in [0.05, 0.1) is 11.9 Å². The monoisotopic (exact) mass is 279 g/mol. The van der Waals surface area contributed by atoms with Crippen LogP contribution in [0.4, 0.5) is 0 Å². The highest BCUT2D eigenvalue weighted by atomic mass is 16.3. The lowest BCUT2D eigenvalue weighted by Gasteiger charge is -2.21. The van der Waals surface area contributed by atoms with Gasteiger partial charge in [0.1, 0.15) is 11.1 Å². The van der Waals surface area contributed by atoms with Gasteiger partial charge in [0.15, 0.2) is 0 Å². The van der Waals surface area contributed by atoms with Crippen molar-refractivity contribution in [2.24, 2.45) is 5.41 Å². The molecule has 0 aliphatic heterocycles. The molecule has 0 fully saturated rings. The Balaban J connectivity index is 2.36. The summed E-state index contributed by atoms with van der Waals surface area (Å²) in [6.45, 7) is 5.48. The largest absolute Gasteiger partial charge is 0.442 e. The highest BCUT2D eigenvalue weighted by molar-refractivity contribution is 6.06. The van der Waals surface area contributed by atoms with E-state index >= 15 is 0 Å². The maximum atomic E-state index is 12.2. The number of aryl methyl sites for hydroxylation is 1. The molecule has 0 aliphatic carbocycles. The summed E-state index contributed by atoms with van der Waals surface area (Å²) in [6, 6.07) is 0. The smallest absolute Gasteiger partial charge is 0.262 e. The van der Waals surface area contributed by atoms with Gasteiger partial charge in [-0.1, -0.05) is 13.8 Å². The van der Waals surface area contributed by atoms with Gasteiger partial charge in [0, 0.05) is 18.6 Å². The molecule has 0 saturated carbocycles. The third-order valence-electron chi connectivity index (χ3n) is 3.05. The number of aliphatic hydroxyl groups excluding tert-OH is 1. The van der Waals surface area contributed by atoms with Gasteiger partial charge in [-0.3, -0.25) is 9.59 Å². The second-order valence-corrected chi connectivity index (χ2v) is 5.45. The van der Waals surface area contributed by atoms with E-state index in [4.69, 9.17) is 4.42 Å². The lowest BCUT2D eigenvalue weighted by atomic mass is 9.95. The number of rotatable bonds is 4. The number of nitrogens with one attached hydrogen (secondary N) is 2. The van der Waals surface area contributed by atoms with Gasteiger partial charge in [0.2, 0.25) is 5.71 Å². The molecular formula is C13H17N3O4. The summed E-state index contributed by atoms with van der Waals surface area (Å²) in [5.41, 5.74) is -0.535. The average molecular weight is 279 g/mol. The number of aromatic nitrogens is 2. The van der Waals surface area contributed by atoms with Crippen LogP contribution in [-0.4, -0.2) is 34.1 Å². The van der Waals surface area contributed by atoms with Crippen LogP contribution < -0.4 is 10.9 Å². The first kappa shape index (κ1) is 14.3. The summed E-state index contributed by atoms with van der Waals surface area (Å²) in [5.74, 6) is -0.0789. The lowest BCUT2D eigenvalue weighted by Crippen LogP contribution is -2.36. The second-order valence-electron chi connectivity index (χ2n) is 5.45. The molecule has 7 heteroatoms. The Morgan fingerprint density at radius 2 is 2.25 bits per heavy atom. The zero-order valence-corrected chi connectivity index (χ0v) is 11.6. The summed E-state index contributed by atoms with van der Waals surface area (Å²) in [5, 5.41) is 12.0. The molecule has 20 heavy (non-hydrogen) atoms. The van der Waals surface area contributed by atoms with Gasteiger partial charge in [-0.2, -0.15) is 0 Å². The van der Waals surface area contributed by atoms with Gasteiger partial charge in [-0.25, -0.2) is 4.98 Å². The van der Waals surface area contributed by atoms with E-state index in [2.05, 4.69) is 15.3 Å². The first-order chi connectivity index (χ1) is 9.35. The van der Waals surface area contributed by atoms with E-state index in [1.807, 2.05) is 13.8 Å². The van der Waals surface area contributed by atoms with Crippen molar-refractivity contribution in [2.45, 2.75) is 20.8 Å². The summed E-state index contributed by atoms with van der Waals surface area (Å²) >= 11 is 0. The van der Waals surface area contributed by atoms with Crippen LogP contribution >= 0.6 is 0 Å². The van der Waals surface area contributed by atoms with Crippen molar-refractivity contribution in [1.29, 1.82) is 0 Å². The number of carbonyl (C=O) groups excluding carboxylic acids is 1. The quantitative estimate of drug-likeness (QED) is 0.758. The van der Waals surface area contributed by atoms with Crippen LogP contribution in [0.5, 0.6) is 0 Å². The lowest BCUT2D eigenvalue weighted by molar-refractivity contribution is 0.0911. The van der Waals surface area contributed by atoms with Crippen molar-refractivity contribution in [1.82, 2.24) is 15.3 Å². The van der Waals surface area contributed by atoms with Crippen LogP contribution in [0, 0.1) is 12.3 Å². The Morgan fingerprint density at radius 1 is 1.55 bits per heavy atom. The molecular weight excluding hydrogens is 262 g/mol. The molecule has 2 heterocycles. The molecule has 108 valence electrons. The summed E-state index contributed by atoms with van der Waals surface area (Å²) in [6.07, 6.45) is 1.23. The average Bonchev–Trinajstić information content (AvgIpc) is 2.74. The number of aromatic amines is 1. The SMILES string of the molecule is Cc1oc2nc[nH]c(=O)c2c1C(=O)NCC(C)(C)CO. The number of amides is 1. The van der Waals surface area contributed by atoms with Gasteiger partial charge in [-0.05, 0) is 6.92 Å². The van der Waals surface area contributed by atoms with Crippen molar-refractivity contribution in [3.63, 3.8) is 0 Å². The van der Waals surface area contributed by atoms with Crippen LogP contribution in [0.3, 0.4) is 0 Å². The molecule has 0 unspecified atom stereocenters. The minimum absolute atomic E-state index is 0.0550. The fraction of sp³-hybridized carbons (Fsp3) is 0.462. The van der Waals surface area contributed by atoms with Gasteiger partial charge >= 0.3 is 0 Å². The summed E-state index contributed by atoms with van der Waals surface area (Å²) in [4.78, 5) is 30.3. The van der Waals surface area contributed by atoms with Crippen molar-refractivity contribution < 1.29 is 14.3 Å². The minimum Gasteiger partial charge on any atom is -0.442 e. The van der Waals surface area contributed by atoms with Crippen LogP contribution in [0.1, 0.15) is 30.0 Å². The highest BCUT2D eigenvalue weighted by Crippen LogP contribution is 2.20. The summed E-state index contributed by atoms with van der Waals surface area (Å²) in [7, 11) is 0. The maximum Gasteiger partial charge on any atom is 0.262 e. The molecule has 0 aliphatic rings. The Hall–Kier alpha value is -2.15. The highest BCUT2D eigenvalue weighted by Gasteiger charge is 2.24. The number of furan rings is 1. The molecule has 0 spiro atoms. The van der Waals surface area contributed by atoms with E-state index in [1.165, 1.54) is 6.33 Å². The minimum atomic E-state index is -0.437. The molecule has 0 atom stereocenters. The standard InChI is InChI=1S/C13H17N3O4/c1-7-8(10(18)14-4-13(2,3)5-17)9-11(19)15-6-16-12(9)20-7/h6,17H,4-5H2,1-3H3,(H,14,18)(H,15,16,19). The van der Waals surface area contributed by atoms with Crippen LogP contribution in [-0.2, 0) is 0 Å². The Bertz CT molecular complexity index is 699. The Morgan fingerprint density at radius 3 is 2.90 bits per heavy atom. The zero-order valence-electron chi connectivity index (χ0n) is 11.6. The number of carbonyl (C=O) groups is 1. The van der Waals surface area contributed by atoms with Crippen LogP contribution in [0.15, 0.2) is 15.5 Å². The Kier molecular flexibility index (Phi) is 3.63. The predicted octanol–water partition coefficient (Wildman–Crippen LogP) is 0.573. The molecule has 1 amide bonds. The summed E-state index contributed by atoms with van der Waals surface area (Å²) < 4.78 is 5.32. The molecule has 2 aromatic heterocycles. The number of hydrogen-bond donors (Lipinski definition) is 3. The number of hydrogen-bond acceptors (Lipinski definition) is 5.